The number of unbranched alkanes of at least 4 members (excludes halogenated alkanes) is 6. The zero-order chi connectivity index (χ0) is 17.1. The molecule has 1 rings (SSSR count). The molecule has 0 unspecified atom stereocenters. The number of aryl methyl sites for hydroxylation is 3. The molecular weight excluding hydrogens is 295 g/mol. The molecule has 0 aliphatic rings. The third-order valence-corrected chi connectivity index (χ3v) is 7.32. The fraction of sp³-hybridized carbons (Fsp3) is 0.714. The van der Waals surface area contributed by atoms with Crippen LogP contribution in [0.15, 0.2) is 12.1 Å². The zero-order valence-electron chi connectivity index (χ0n) is 16.2. The van der Waals surface area contributed by atoms with Crippen LogP contribution >= 0.6 is 0 Å². The molecule has 1 aromatic carbocycles. The van der Waals surface area contributed by atoms with Gasteiger partial charge in [-0.1, -0.05) is 93.5 Å². The average molecular weight is 333 g/mol. The summed E-state index contributed by atoms with van der Waals surface area (Å²) in [6, 6.07) is 4.53. The Kier molecular flexibility index (Phi) is 10.7. The van der Waals surface area contributed by atoms with E-state index in [1.54, 1.807) is 0 Å². The smallest absolute Gasteiger partial charge is 0.546 e. The van der Waals surface area contributed by atoms with E-state index in [4.69, 9.17) is 3.79 Å². The first kappa shape index (κ1) is 20.6. The summed E-state index contributed by atoms with van der Waals surface area (Å²) >= 11 is -1.12. The van der Waals surface area contributed by atoms with Crippen molar-refractivity contribution < 1.29 is 3.79 Å². The lowest BCUT2D eigenvalue weighted by molar-refractivity contribution is 0.537. The second-order valence-electron chi connectivity index (χ2n) is 7.17. The van der Waals surface area contributed by atoms with Crippen LogP contribution in [-0.4, -0.2) is 14.5 Å². The zero-order valence-corrected chi connectivity index (χ0v) is 17.4. The van der Waals surface area contributed by atoms with Gasteiger partial charge in [0.25, 0.3) is 0 Å². The van der Waals surface area contributed by atoms with Gasteiger partial charge < -0.3 is 3.79 Å². The average Bonchev–Trinajstić information content (AvgIpc) is 2.50. The van der Waals surface area contributed by atoms with Crippen molar-refractivity contribution in [3.63, 3.8) is 0 Å². The second kappa shape index (κ2) is 12.0. The van der Waals surface area contributed by atoms with Gasteiger partial charge in [0.15, 0.2) is 0 Å². The minimum Gasteiger partial charge on any atom is -0.642 e. The van der Waals surface area contributed by atoms with E-state index < -0.39 is 14.5 Å². The van der Waals surface area contributed by atoms with Gasteiger partial charge in [-0.25, -0.2) is 0 Å². The summed E-state index contributed by atoms with van der Waals surface area (Å²) in [5, 5.41) is 2.69. The molecule has 0 saturated heterocycles. The van der Waals surface area contributed by atoms with E-state index in [9.17, 15) is 0 Å². The van der Waals surface area contributed by atoms with E-state index in [0.717, 1.165) is 0 Å². The van der Waals surface area contributed by atoms with Gasteiger partial charge in [-0.2, -0.15) is 0 Å². The third-order valence-electron chi connectivity index (χ3n) is 4.65. The van der Waals surface area contributed by atoms with Gasteiger partial charge in [0.2, 0.25) is 0 Å². The van der Waals surface area contributed by atoms with Crippen molar-refractivity contribution in [2.75, 3.05) is 0 Å². The van der Waals surface area contributed by atoms with Crippen molar-refractivity contribution in [1.29, 1.82) is 0 Å². The summed E-state index contributed by atoms with van der Waals surface area (Å²) in [6.07, 6.45) is 10.9. The van der Waals surface area contributed by atoms with Crippen LogP contribution in [0.2, 0.25) is 10.6 Å². The Morgan fingerprint density at radius 3 is 1.65 bits per heavy atom. The standard InChI is InChI=1S/C9H12O.2C6H13.Al/c1-6-4-7(2)9(10)8(3)5-6;2*1-3-5-6-4-2;/h4-5,10H,1-3H3;2*1,3-6H2,2H3;/q;;;+1/p-1. The largest absolute Gasteiger partial charge is 0.642 e. The monoisotopic (exact) mass is 332 g/mol. The molecule has 2 heteroatoms. The number of hydrogen-bond acceptors (Lipinski definition) is 1. The topological polar surface area (TPSA) is 9.23 Å². The molecule has 0 saturated carbocycles. The van der Waals surface area contributed by atoms with E-state index in [2.05, 4.69) is 46.8 Å². The number of rotatable bonds is 12. The van der Waals surface area contributed by atoms with Crippen LogP contribution in [0.4, 0.5) is 0 Å². The summed E-state index contributed by atoms with van der Waals surface area (Å²) in [7, 11) is 0. The van der Waals surface area contributed by atoms with Gasteiger partial charge in [-0.3, -0.25) is 0 Å². The highest BCUT2D eigenvalue weighted by Gasteiger charge is 2.24. The van der Waals surface area contributed by atoms with Crippen molar-refractivity contribution >= 4 is 14.5 Å². The predicted octanol–water partition coefficient (Wildman–Crippen LogP) is 7.14. The fourth-order valence-corrected chi connectivity index (χ4v) is 6.10. The minimum atomic E-state index is -1.12. The summed E-state index contributed by atoms with van der Waals surface area (Å²) < 4.78 is 6.63. The molecule has 0 spiro atoms. The molecule has 0 radical (unpaired) electrons. The SMILES string of the molecule is CCCCC[CH2][Al]([CH2]CCCCC)[O]c1c(C)cc(C)cc1C. The van der Waals surface area contributed by atoms with Crippen molar-refractivity contribution in [1.82, 2.24) is 0 Å². The lowest BCUT2D eigenvalue weighted by Gasteiger charge is -2.20. The van der Waals surface area contributed by atoms with Gasteiger partial charge in [0.05, 0.1) is 5.75 Å². The summed E-state index contributed by atoms with van der Waals surface area (Å²) in [5.74, 6) is 1.19. The molecule has 0 aliphatic heterocycles. The Hall–Kier alpha value is -0.448. The first-order valence-electron chi connectivity index (χ1n) is 9.83. The molecule has 0 fully saturated rings. The van der Waals surface area contributed by atoms with Crippen LogP contribution in [-0.2, 0) is 0 Å². The summed E-state index contributed by atoms with van der Waals surface area (Å²) in [4.78, 5) is 0. The Morgan fingerprint density at radius 1 is 0.739 bits per heavy atom. The quantitative estimate of drug-likeness (QED) is 0.292. The molecule has 0 atom stereocenters. The molecule has 23 heavy (non-hydrogen) atoms. The highest BCUT2D eigenvalue weighted by molar-refractivity contribution is 6.52. The van der Waals surface area contributed by atoms with Gasteiger partial charge in [-0.15, -0.1) is 0 Å². The van der Waals surface area contributed by atoms with E-state index in [0.29, 0.717) is 0 Å². The maximum absolute atomic E-state index is 6.63. The van der Waals surface area contributed by atoms with Crippen LogP contribution in [0.3, 0.4) is 0 Å². The van der Waals surface area contributed by atoms with E-state index >= 15 is 0 Å². The number of benzene rings is 1. The summed E-state index contributed by atoms with van der Waals surface area (Å²) in [5.41, 5.74) is 3.99. The Morgan fingerprint density at radius 2 is 1.22 bits per heavy atom. The lowest BCUT2D eigenvalue weighted by atomic mass is 10.1. The molecule has 0 aromatic heterocycles. The highest BCUT2D eigenvalue weighted by atomic mass is 27.2. The Balaban J connectivity index is 2.63. The van der Waals surface area contributed by atoms with E-state index in [-0.39, 0.29) is 0 Å². The van der Waals surface area contributed by atoms with Gasteiger partial charge in [-0.05, 0) is 31.9 Å². The summed E-state index contributed by atoms with van der Waals surface area (Å²) in [6.45, 7) is 11.2. The van der Waals surface area contributed by atoms with Crippen LogP contribution in [0.5, 0.6) is 5.75 Å². The van der Waals surface area contributed by atoms with Crippen LogP contribution < -0.4 is 3.79 Å². The molecule has 1 aromatic rings. The van der Waals surface area contributed by atoms with Gasteiger partial charge in [0.1, 0.15) is 0 Å². The normalized spacial score (nSPS) is 10.8. The first-order chi connectivity index (χ1) is 11.1. The molecule has 0 heterocycles. The maximum atomic E-state index is 6.63. The molecule has 0 N–H and O–H groups in total. The van der Waals surface area contributed by atoms with Gasteiger partial charge in [0, 0.05) is 0 Å². The minimum absolute atomic E-state index is 1.12. The lowest BCUT2D eigenvalue weighted by Crippen LogP contribution is -2.22. The highest BCUT2D eigenvalue weighted by Crippen LogP contribution is 2.27. The molecular formula is C21H37AlO. The molecule has 1 nitrogen and oxygen atoms in total. The van der Waals surface area contributed by atoms with Crippen LogP contribution in [0.1, 0.15) is 81.9 Å². The predicted molar refractivity (Wildman–Crippen MR) is 105 cm³/mol. The third kappa shape index (κ3) is 8.28. The Labute approximate surface area is 149 Å². The van der Waals surface area contributed by atoms with E-state index in [1.807, 2.05) is 0 Å². The molecule has 0 aliphatic carbocycles. The van der Waals surface area contributed by atoms with Crippen molar-refractivity contribution in [2.45, 2.75) is 96.6 Å². The molecule has 0 bridgehead atoms. The van der Waals surface area contributed by atoms with Crippen LogP contribution in [0.25, 0.3) is 0 Å². The Bertz CT molecular complexity index is 406. The van der Waals surface area contributed by atoms with E-state index in [1.165, 1.54) is 84.4 Å². The maximum Gasteiger partial charge on any atom is 0.546 e. The van der Waals surface area contributed by atoms with Crippen molar-refractivity contribution in [2.24, 2.45) is 0 Å². The molecule has 0 amide bonds. The van der Waals surface area contributed by atoms with Crippen LogP contribution in [0, 0.1) is 20.8 Å². The second-order valence-corrected chi connectivity index (χ2v) is 9.80. The van der Waals surface area contributed by atoms with Gasteiger partial charge >= 0.3 is 14.5 Å². The number of hydrogen-bond donors (Lipinski definition) is 0. The fourth-order valence-electron chi connectivity index (χ4n) is 3.38. The van der Waals surface area contributed by atoms with Crippen molar-refractivity contribution in [3.8, 4) is 5.75 Å². The van der Waals surface area contributed by atoms with Crippen molar-refractivity contribution in [3.05, 3.63) is 28.8 Å². The first-order valence-corrected chi connectivity index (χ1v) is 11.9. The molecule has 130 valence electrons.